The Kier molecular flexibility index (Phi) is 3.96. The number of carbonyl (C=O) groups excluding carboxylic acids is 1. The summed E-state index contributed by atoms with van der Waals surface area (Å²) in [5.74, 6) is -0.375. The molecule has 114 valence electrons. The quantitative estimate of drug-likeness (QED) is 0.797. The molecule has 1 aliphatic rings. The summed E-state index contributed by atoms with van der Waals surface area (Å²) >= 11 is 0. The van der Waals surface area contributed by atoms with Crippen LogP contribution in [0.2, 0.25) is 0 Å². The molecule has 0 saturated carbocycles. The highest BCUT2D eigenvalue weighted by Crippen LogP contribution is 2.32. The van der Waals surface area contributed by atoms with E-state index >= 15 is 0 Å². The van der Waals surface area contributed by atoms with Gasteiger partial charge in [-0.25, -0.2) is 0 Å². The number of hydrogen-bond acceptors (Lipinski definition) is 3. The van der Waals surface area contributed by atoms with Crippen LogP contribution in [0.4, 0.5) is 0 Å². The Labute approximate surface area is 130 Å². The van der Waals surface area contributed by atoms with E-state index < -0.39 is 5.60 Å². The summed E-state index contributed by atoms with van der Waals surface area (Å²) in [6.45, 7) is 3.39. The van der Waals surface area contributed by atoms with E-state index in [9.17, 15) is 9.90 Å². The Balaban J connectivity index is 2.05. The summed E-state index contributed by atoms with van der Waals surface area (Å²) in [5.41, 5.74) is 0.401. The van der Waals surface area contributed by atoms with Crippen LogP contribution in [0.15, 0.2) is 54.6 Å². The van der Waals surface area contributed by atoms with Gasteiger partial charge in [0.15, 0.2) is 5.60 Å². The smallest absolute Gasteiger partial charge is 0.261 e. The minimum absolute atomic E-state index is 0.0757. The molecular formula is C18H20N2O2. The molecule has 1 saturated heterocycles. The first-order chi connectivity index (χ1) is 10.6. The number of nitrogens with one attached hydrogen (secondary N) is 2. The van der Waals surface area contributed by atoms with Crippen molar-refractivity contribution in [1.29, 1.82) is 0 Å². The Bertz CT molecular complexity index is 668. The van der Waals surface area contributed by atoms with E-state index in [2.05, 4.69) is 10.6 Å². The average Bonchev–Trinajstić information content (AvgIpc) is 2.51. The van der Waals surface area contributed by atoms with E-state index in [-0.39, 0.29) is 11.9 Å². The number of benzene rings is 2. The molecule has 4 nitrogen and oxygen atoms in total. The highest BCUT2D eigenvalue weighted by atomic mass is 16.3. The van der Waals surface area contributed by atoms with Gasteiger partial charge in [-0.15, -0.1) is 0 Å². The minimum atomic E-state index is -1.68. The highest BCUT2D eigenvalue weighted by molar-refractivity contribution is 5.90. The number of aliphatic hydroxyl groups is 1. The molecule has 0 aromatic heterocycles. The van der Waals surface area contributed by atoms with Crippen molar-refractivity contribution in [2.75, 3.05) is 13.1 Å². The van der Waals surface area contributed by atoms with Crippen LogP contribution >= 0.6 is 0 Å². The number of rotatable bonds is 4. The molecule has 1 heterocycles. The molecule has 0 radical (unpaired) electrons. The summed E-state index contributed by atoms with van der Waals surface area (Å²) in [4.78, 5) is 12.8. The fourth-order valence-electron chi connectivity index (χ4n) is 2.75. The van der Waals surface area contributed by atoms with Crippen molar-refractivity contribution in [1.82, 2.24) is 10.6 Å². The summed E-state index contributed by atoms with van der Waals surface area (Å²) in [7, 11) is 0. The van der Waals surface area contributed by atoms with Gasteiger partial charge in [0.25, 0.3) is 5.91 Å². The van der Waals surface area contributed by atoms with E-state index in [1.165, 1.54) is 0 Å². The largest absolute Gasteiger partial charge is 0.372 e. The molecule has 22 heavy (non-hydrogen) atoms. The maximum Gasteiger partial charge on any atom is 0.261 e. The van der Waals surface area contributed by atoms with Crippen LogP contribution in [0.5, 0.6) is 0 Å². The van der Waals surface area contributed by atoms with Gasteiger partial charge in [-0.3, -0.25) is 4.79 Å². The maximum absolute atomic E-state index is 12.8. The maximum atomic E-state index is 12.8. The lowest BCUT2D eigenvalue weighted by Gasteiger charge is -2.34. The van der Waals surface area contributed by atoms with E-state index in [1.54, 1.807) is 18.2 Å². The van der Waals surface area contributed by atoms with Crippen molar-refractivity contribution < 1.29 is 9.90 Å². The molecule has 4 heteroatoms. The van der Waals surface area contributed by atoms with E-state index in [4.69, 9.17) is 0 Å². The minimum Gasteiger partial charge on any atom is -0.372 e. The molecule has 1 aliphatic heterocycles. The topological polar surface area (TPSA) is 61.4 Å². The van der Waals surface area contributed by atoms with Gasteiger partial charge in [0, 0.05) is 18.7 Å². The van der Waals surface area contributed by atoms with Crippen molar-refractivity contribution in [3.63, 3.8) is 0 Å². The Morgan fingerprint density at radius 1 is 1.14 bits per heavy atom. The van der Waals surface area contributed by atoms with Crippen molar-refractivity contribution in [3.8, 4) is 0 Å². The lowest BCUT2D eigenvalue weighted by molar-refractivity contribution is -0.137. The Hall–Kier alpha value is -2.17. The second kappa shape index (κ2) is 5.91. The lowest BCUT2D eigenvalue weighted by atomic mass is 9.83. The second-order valence-corrected chi connectivity index (χ2v) is 5.72. The molecule has 1 amide bonds. The SMILES string of the molecule is Cc1ccccc1C(O)(C(=O)NC1CNC1)c1ccccc1. The Morgan fingerprint density at radius 2 is 1.77 bits per heavy atom. The van der Waals surface area contributed by atoms with E-state index in [1.807, 2.05) is 43.3 Å². The fraction of sp³-hybridized carbons (Fsp3) is 0.278. The van der Waals surface area contributed by atoms with E-state index in [0.29, 0.717) is 11.1 Å². The number of amides is 1. The number of aryl methyl sites for hydroxylation is 1. The van der Waals surface area contributed by atoms with Gasteiger partial charge in [-0.2, -0.15) is 0 Å². The summed E-state index contributed by atoms with van der Waals surface area (Å²) < 4.78 is 0. The van der Waals surface area contributed by atoms with Gasteiger partial charge in [-0.1, -0.05) is 54.6 Å². The number of hydrogen-bond donors (Lipinski definition) is 3. The van der Waals surface area contributed by atoms with Gasteiger partial charge in [0.2, 0.25) is 0 Å². The third-order valence-corrected chi connectivity index (χ3v) is 4.17. The van der Waals surface area contributed by atoms with Crippen molar-refractivity contribution in [3.05, 3.63) is 71.3 Å². The van der Waals surface area contributed by atoms with Gasteiger partial charge in [0.05, 0.1) is 6.04 Å². The first-order valence-electron chi connectivity index (χ1n) is 7.48. The van der Waals surface area contributed by atoms with Crippen molar-refractivity contribution in [2.24, 2.45) is 0 Å². The predicted octanol–water partition coefficient (Wildman–Crippen LogP) is 1.32. The molecule has 1 atom stereocenters. The summed E-state index contributed by atoms with van der Waals surface area (Å²) in [6.07, 6.45) is 0. The third kappa shape index (κ3) is 2.51. The molecule has 3 N–H and O–H groups in total. The van der Waals surface area contributed by atoms with Gasteiger partial charge >= 0.3 is 0 Å². The fourth-order valence-corrected chi connectivity index (χ4v) is 2.75. The molecule has 2 aromatic carbocycles. The van der Waals surface area contributed by atoms with Gasteiger partial charge in [-0.05, 0) is 18.1 Å². The summed E-state index contributed by atoms with van der Waals surface area (Å²) in [6, 6.07) is 16.6. The number of carbonyl (C=O) groups is 1. The molecule has 1 fully saturated rings. The molecule has 0 aliphatic carbocycles. The molecule has 3 rings (SSSR count). The normalized spacial score (nSPS) is 17.4. The van der Waals surface area contributed by atoms with Crippen LogP contribution in [0.3, 0.4) is 0 Å². The molecule has 1 unspecified atom stereocenters. The Morgan fingerprint density at radius 3 is 2.36 bits per heavy atom. The summed E-state index contributed by atoms with van der Waals surface area (Å²) in [5, 5.41) is 17.4. The average molecular weight is 296 g/mol. The molecule has 0 spiro atoms. The molecule has 0 bridgehead atoms. The van der Waals surface area contributed by atoms with Crippen LogP contribution in [-0.2, 0) is 10.4 Å². The van der Waals surface area contributed by atoms with E-state index in [0.717, 1.165) is 18.7 Å². The standard InChI is InChI=1S/C18H20N2O2/c1-13-7-5-6-10-16(13)18(22,14-8-3-2-4-9-14)17(21)20-15-11-19-12-15/h2-10,15,19,22H,11-12H2,1H3,(H,20,21). The van der Waals surface area contributed by atoms with Gasteiger partial charge in [0.1, 0.15) is 0 Å². The zero-order chi connectivity index (χ0) is 15.6. The first kappa shape index (κ1) is 14.8. The molecular weight excluding hydrogens is 276 g/mol. The lowest BCUT2D eigenvalue weighted by Crippen LogP contribution is -2.60. The predicted molar refractivity (Wildman–Crippen MR) is 85.4 cm³/mol. The van der Waals surface area contributed by atoms with Crippen LogP contribution in [-0.4, -0.2) is 30.1 Å². The zero-order valence-electron chi connectivity index (χ0n) is 12.5. The zero-order valence-corrected chi connectivity index (χ0v) is 12.5. The van der Waals surface area contributed by atoms with Crippen LogP contribution in [0.1, 0.15) is 16.7 Å². The highest BCUT2D eigenvalue weighted by Gasteiger charge is 2.42. The molecule has 2 aromatic rings. The monoisotopic (exact) mass is 296 g/mol. The first-order valence-corrected chi connectivity index (χ1v) is 7.48. The van der Waals surface area contributed by atoms with Crippen LogP contribution in [0, 0.1) is 6.92 Å². The van der Waals surface area contributed by atoms with Crippen LogP contribution in [0.25, 0.3) is 0 Å². The van der Waals surface area contributed by atoms with Gasteiger partial charge < -0.3 is 15.7 Å². The van der Waals surface area contributed by atoms with Crippen molar-refractivity contribution >= 4 is 5.91 Å². The third-order valence-electron chi connectivity index (χ3n) is 4.17. The van der Waals surface area contributed by atoms with Crippen molar-refractivity contribution in [2.45, 2.75) is 18.6 Å². The second-order valence-electron chi connectivity index (χ2n) is 5.72. The van der Waals surface area contributed by atoms with Crippen LogP contribution < -0.4 is 10.6 Å².